The van der Waals surface area contributed by atoms with E-state index in [2.05, 4.69) is 32.6 Å². The van der Waals surface area contributed by atoms with Crippen LogP contribution in [0.2, 0.25) is 0 Å². The van der Waals surface area contributed by atoms with Gasteiger partial charge in [0.05, 0.1) is 12.1 Å². The molecule has 1 heterocycles. The summed E-state index contributed by atoms with van der Waals surface area (Å²) in [5, 5.41) is 5.55. The highest BCUT2D eigenvalue weighted by Gasteiger charge is 2.30. The van der Waals surface area contributed by atoms with E-state index in [-0.39, 0.29) is 18.1 Å². The number of alkyl halides is 3. The molecule has 5 nitrogen and oxygen atoms in total. The number of hydrogen-bond acceptors (Lipinski definition) is 4. The zero-order valence-corrected chi connectivity index (χ0v) is 16.8. The number of anilines is 2. The average Bonchev–Trinajstić information content (AvgIpc) is 2.76. The first-order valence-electron chi connectivity index (χ1n) is 10.1. The van der Waals surface area contributed by atoms with E-state index < -0.39 is 11.7 Å². The zero-order chi connectivity index (χ0) is 21.4. The van der Waals surface area contributed by atoms with Crippen molar-refractivity contribution < 1.29 is 18.0 Å². The maximum Gasteiger partial charge on any atom is 0.416 e. The average molecular weight is 420 g/mol. The lowest BCUT2D eigenvalue weighted by atomic mass is 10.2. The van der Waals surface area contributed by atoms with E-state index in [1.807, 2.05) is 18.2 Å². The Balaban J connectivity index is 1.29. The Morgan fingerprint density at radius 1 is 0.967 bits per heavy atom. The van der Waals surface area contributed by atoms with E-state index in [1.165, 1.54) is 17.8 Å². The van der Waals surface area contributed by atoms with Crippen LogP contribution in [0.5, 0.6) is 0 Å². The Labute approximate surface area is 174 Å². The molecule has 1 aliphatic rings. The summed E-state index contributed by atoms with van der Waals surface area (Å²) in [5.74, 6) is -0.235. The van der Waals surface area contributed by atoms with Crippen LogP contribution in [-0.2, 0) is 11.0 Å². The molecular formula is C22H27F3N4O. The predicted molar refractivity (Wildman–Crippen MR) is 113 cm³/mol. The summed E-state index contributed by atoms with van der Waals surface area (Å²) in [6, 6.07) is 15.2. The van der Waals surface area contributed by atoms with Crippen LogP contribution < -0.4 is 15.5 Å². The van der Waals surface area contributed by atoms with Crippen molar-refractivity contribution in [2.75, 3.05) is 56.0 Å². The van der Waals surface area contributed by atoms with Crippen LogP contribution in [0.4, 0.5) is 24.5 Å². The molecule has 0 spiro atoms. The molecule has 0 radical (unpaired) electrons. The second-order valence-electron chi connectivity index (χ2n) is 7.30. The van der Waals surface area contributed by atoms with E-state index in [4.69, 9.17) is 0 Å². The summed E-state index contributed by atoms with van der Waals surface area (Å²) in [4.78, 5) is 16.7. The lowest BCUT2D eigenvalue weighted by molar-refractivity contribution is -0.137. The molecule has 0 aliphatic carbocycles. The second kappa shape index (κ2) is 10.3. The molecule has 1 amide bonds. The van der Waals surface area contributed by atoms with E-state index in [9.17, 15) is 18.0 Å². The number of amides is 1. The summed E-state index contributed by atoms with van der Waals surface area (Å²) in [6.07, 6.45) is -3.56. The zero-order valence-electron chi connectivity index (χ0n) is 16.8. The molecule has 1 fully saturated rings. The first kappa shape index (κ1) is 22.0. The maximum absolute atomic E-state index is 12.7. The van der Waals surface area contributed by atoms with Gasteiger partial charge in [-0.2, -0.15) is 13.2 Å². The van der Waals surface area contributed by atoms with Crippen molar-refractivity contribution in [1.82, 2.24) is 10.2 Å². The van der Waals surface area contributed by atoms with Gasteiger partial charge in [0.25, 0.3) is 0 Å². The fourth-order valence-corrected chi connectivity index (χ4v) is 3.45. The molecule has 0 atom stereocenters. The van der Waals surface area contributed by atoms with Crippen LogP contribution in [0.1, 0.15) is 12.0 Å². The van der Waals surface area contributed by atoms with Crippen LogP contribution in [0, 0.1) is 0 Å². The standard InChI is InChI=1S/C22H27F3N4O/c23-22(24,25)18-6-4-7-19(16-18)27-17-21(30)26-10-5-11-28-12-14-29(15-13-28)20-8-2-1-3-9-20/h1-4,6-9,16,27H,5,10-15,17H2,(H,26,30). The molecule has 2 N–H and O–H groups in total. The van der Waals surface area contributed by atoms with Crippen LogP contribution >= 0.6 is 0 Å². The summed E-state index contributed by atoms with van der Waals surface area (Å²) in [6.45, 7) is 5.33. The molecule has 3 rings (SSSR count). The van der Waals surface area contributed by atoms with Gasteiger partial charge in [0.2, 0.25) is 5.91 Å². The Kier molecular flexibility index (Phi) is 7.57. The number of piperazine rings is 1. The maximum atomic E-state index is 12.7. The van der Waals surface area contributed by atoms with E-state index in [1.54, 1.807) is 0 Å². The number of rotatable bonds is 8. The van der Waals surface area contributed by atoms with Crippen molar-refractivity contribution in [3.05, 3.63) is 60.2 Å². The minimum absolute atomic E-state index is 0.0585. The number of carbonyl (C=O) groups excluding carboxylic acids is 1. The fraction of sp³-hybridized carbons (Fsp3) is 0.409. The molecule has 0 unspecified atom stereocenters. The van der Waals surface area contributed by atoms with Gasteiger partial charge < -0.3 is 15.5 Å². The number of nitrogens with one attached hydrogen (secondary N) is 2. The Morgan fingerprint density at radius 3 is 2.40 bits per heavy atom. The molecule has 2 aromatic carbocycles. The third kappa shape index (κ3) is 6.66. The molecule has 1 aliphatic heterocycles. The van der Waals surface area contributed by atoms with Gasteiger partial charge in [0, 0.05) is 44.1 Å². The van der Waals surface area contributed by atoms with Crippen molar-refractivity contribution in [1.29, 1.82) is 0 Å². The highest BCUT2D eigenvalue weighted by atomic mass is 19.4. The van der Waals surface area contributed by atoms with E-state index >= 15 is 0 Å². The number of benzene rings is 2. The smallest absolute Gasteiger partial charge is 0.376 e. The first-order chi connectivity index (χ1) is 14.4. The van der Waals surface area contributed by atoms with E-state index in [0.29, 0.717) is 6.54 Å². The topological polar surface area (TPSA) is 47.6 Å². The van der Waals surface area contributed by atoms with Crippen molar-refractivity contribution >= 4 is 17.3 Å². The Bertz CT molecular complexity index is 806. The molecular weight excluding hydrogens is 393 g/mol. The van der Waals surface area contributed by atoms with Gasteiger partial charge in [-0.3, -0.25) is 9.69 Å². The fourth-order valence-electron chi connectivity index (χ4n) is 3.45. The van der Waals surface area contributed by atoms with E-state index in [0.717, 1.165) is 51.3 Å². The predicted octanol–water partition coefficient (Wildman–Crippen LogP) is 3.45. The summed E-state index contributed by atoms with van der Waals surface area (Å²) in [5.41, 5.74) is 0.786. The minimum atomic E-state index is -4.40. The SMILES string of the molecule is O=C(CNc1cccc(C(F)(F)F)c1)NCCCN1CCN(c2ccccc2)CC1. The van der Waals surface area contributed by atoms with Crippen molar-refractivity contribution in [2.45, 2.75) is 12.6 Å². The van der Waals surface area contributed by atoms with Crippen molar-refractivity contribution in [2.24, 2.45) is 0 Å². The third-order valence-corrected chi connectivity index (χ3v) is 5.11. The summed E-state index contributed by atoms with van der Waals surface area (Å²) < 4.78 is 38.2. The molecule has 2 aromatic rings. The third-order valence-electron chi connectivity index (χ3n) is 5.11. The van der Waals surface area contributed by atoms with Gasteiger partial charge in [-0.05, 0) is 43.3 Å². The molecule has 1 saturated heterocycles. The van der Waals surface area contributed by atoms with Gasteiger partial charge in [-0.1, -0.05) is 24.3 Å². The molecule has 30 heavy (non-hydrogen) atoms. The minimum Gasteiger partial charge on any atom is -0.376 e. The number of nitrogens with zero attached hydrogens (tertiary/aromatic N) is 2. The number of halogens is 3. The normalized spacial score (nSPS) is 15.1. The Hall–Kier alpha value is -2.74. The summed E-state index contributed by atoms with van der Waals surface area (Å²) >= 11 is 0. The lowest BCUT2D eigenvalue weighted by Crippen LogP contribution is -2.47. The number of hydrogen-bond donors (Lipinski definition) is 2. The Morgan fingerprint density at radius 2 is 1.70 bits per heavy atom. The van der Waals surface area contributed by atoms with Crippen LogP contribution in [0.3, 0.4) is 0 Å². The van der Waals surface area contributed by atoms with Crippen molar-refractivity contribution in [3.63, 3.8) is 0 Å². The number of carbonyl (C=O) groups is 1. The van der Waals surface area contributed by atoms with Crippen molar-refractivity contribution in [3.8, 4) is 0 Å². The van der Waals surface area contributed by atoms with Gasteiger partial charge >= 0.3 is 6.18 Å². The van der Waals surface area contributed by atoms with Crippen LogP contribution in [-0.4, -0.2) is 56.6 Å². The molecule has 8 heteroatoms. The molecule has 162 valence electrons. The van der Waals surface area contributed by atoms with Gasteiger partial charge in [0.15, 0.2) is 0 Å². The molecule has 0 saturated carbocycles. The van der Waals surface area contributed by atoms with Gasteiger partial charge in [-0.25, -0.2) is 0 Å². The van der Waals surface area contributed by atoms with Crippen LogP contribution in [0.15, 0.2) is 54.6 Å². The lowest BCUT2D eigenvalue weighted by Gasteiger charge is -2.36. The quantitative estimate of drug-likeness (QED) is 0.643. The largest absolute Gasteiger partial charge is 0.416 e. The molecule has 0 aromatic heterocycles. The monoisotopic (exact) mass is 420 g/mol. The highest BCUT2D eigenvalue weighted by molar-refractivity contribution is 5.80. The summed E-state index contributed by atoms with van der Waals surface area (Å²) in [7, 11) is 0. The number of para-hydroxylation sites is 1. The molecule has 0 bridgehead atoms. The second-order valence-corrected chi connectivity index (χ2v) is 7.30. The highest BCUT2D eigenvalue weighted by Crippen LogP contribution is 2.30. The van der Waals surface area contributed by atoms with Gasteiger partial charge in [-0.15, -0.1) is 0 Å². The van der Waals surface area contributed by atoms with Crippen LogP contribution in [0.25, 0.3) is 0 Å². The first-order valence-corrected chi connectivity index (χ1v) is 10.1. The van der Waals surface area contributed by atoms with Gasteiger partial charge in [0.1, 0.15) is 0 Å².